The van der Waals surface area contributed by atoms with Crippen LogP contribution in [-0.2, 0) is 0 Å². The van der Waals surface area contributed by atoms with Gasteiger partial charge in [-0.15, -0.1) is 11.3 Å². The van der Waals surface area contributed by atoms with Crippen LogP contribution in [0.3, 0.4) is 0 Å². The topological polar surface area (TPSA) is 35.1 Å². The molecule has 0 atom stereocenters. The Morgan fingerprint density at radius 3 is 2.12 bits per heavy atom. The minimum atomic E-state index is 0.668. The molecule has 6 aromatic carbocycles. The summed E-state index contributed by atoms with van der Waals surface area (Å²) >= 11 is 1.76. The van der Waals surface area contributed by atoms with Gasteiger partial charge in [0.15, 0.2) is 0 Å². The standard InChI is InChI=1S/C38H22N4S/c1-2-11-24(12-3-1)34-37-35(27-15-5-9-20-32(27)43-37)40-38(39-34)42-30-18-8-7-17-29(30)41-28-16-6-4-14-25(28)26-22-21-23-13-10-19-31(42)33(23)36(26)41/h1-22H. The molecule has 0 unspecified atom stereocenters. The predicted octanol–water partition coefficient (Wildman–Crippen LogP) is 10.2. The molecular weight excluding hydrogens is 545 g/mol. The number of para-hydroxylation sites is 3. The Hall–Kier alpha value is -5.52. The molecule has 0 spiro atoms. The molecule has 4 heterocycles. The third-order valence-electron chi connectivity index (χ3n) is 8.71. The number of nitrogens with zero attached hydrogens (tertiary/aromatic N) is 4. The summed E-state index contributed by atoms with van der Waals surface area (Å²) in [7, 11) is 0. The number of thiophene rings is 1. The molecule has 200 valence electrons. The van der Waals surface area contributed by atoms with Crippen molar-refractivity contribution in [1.29, 1.82) is 0 Å². The second-order valence-electron chi connectivity index (χ2n) is 11.0. The first kappa shape index (κ1) is 23.1. The lowest BCUT2D eigenvalue weighted by Gasteiger charge is -2.13. The molecule has 5 heteroatoms. The maximum atomic E-state index is 5.41. The molecule has 0 saturated carbocycles. The zero-order valence-corrected chi connectivity index (χ0v) is 23.7. The van der Waals surface area contributed by atoms with Crippen LogP contribution < -0.4 is 0 Å². The largest absolute Gasteiger partial charge is 0.306 e. The molecule has 10 rings (SSSR count). The highest BCUT2D eigenvalue weighted by molar-refractivity contribution is 7.26. The van der Waals surface area contributed by atoms with Crippen LogP contribution in [0.15, 0.2) is 133 Å². The summed E-state index contributed by atoms with van der Waals surface area (Å²) < 4.78 is 7.03. The fourth-order valence-corrected chi connectivity index (χ4v) is 8.06. The monoisotopic (exact) mass is 566 g/mol. The van der Waals surface area contributed by atoms with Gasteiger partial charge in [0.05, 0.1) is 43.5 Å². The van der Waals surface area contributed by atoms with Crippen molar-refractivity contribution in [1.82, 2.24) is 18.9 Å². The molecule has 0 fully saturated rings. The van der Waals surface area contributed by atoms with Crippen LogP contribution in [0.5, 0.6) is 0 Å². The van der Waals surface area contributed by atoms with Gasteiger partial charge in [-0.05, 0) is 35.7 Å². The highest BCUT2D eigenvalue weighted by Gasteiger charge is 2.21. The summed E-state index contributed by atoms with van der Waals surface area (Å²) in [5.41, 5.74) is 8.68. The van der Waals surface area contributed by atoms with Crippen LogP contribution in [0.1, 0.15) is 0 Å². The average Bonchev–Trinajstić information content (AvgIpc) is 3.57. The average molecular weight is 567 g/mol. The first-order valence-electron chi connectivity index (χ1n) is 14.4. The number of aromatic nitrogens is 4. The number of fused-ring (bicyclic) bond motifs is 8. The molecule has 4 nitrogen and oxygen atoms in total. The van der Waals surface area contributed by atoms with Crippen molar-refractivity contribution in [2.24, 2.45) is 0 Å². The third-order valence-corrected chi connectivity index (χ3v) is 9.88. The van der Waals surface area contributed by atoms with E-state index in [1.807, 2.05) is 0 Å². The van der Waals surface area contributed by atoms with Gasteiger partial charge in [-0.25, -0.2) is 9.97 Å². The van der Waals surface area contributed by atoms with Crippen LogP contribution in [0.25, 0.3) is 86.6 Å². The second kappa shape index (κ2) is 8.51. The third kappa shape index (κ3) is 3.09. The van der Waals surface area contributed by atoms with Crippen LogP contribution >= 0.6 is 11.3 Å². The zero-order chi connectivity index (χ0) is 28.1. The molecule has 0 aliphatic rings. The molecule has 0 aliphatic carbocycles. The second-order valence-corrected chi connectivity index (χ2v) is 12.1. The van der Waals surface area contributed by atoms with Crippen LogP contribution in [-0.4, -0.2) is 18.9 Å². The minimum absolute atomic E-state index is 0.668. The van der Waals surface area contributed by atoms with Gasteiger partial charge in [0.1, 0.15) is 0 Å². The van der Waals surface area contributed by atoms with Crippen LogP contribution in [0.4, 0.5) is 0 Å². The number of benzene rings is 6. The highest BCUT2D eigenvalue weighted by atomic mass is 32.1. The lowest BCUT2D eigenvalue weighted by atomic mass is 10.0. The van der Waals surface area contributed by atoms with Gasteiger partial charge in [-0.1, -0.05) is 103 Å². The SMILES string of the molecule is c1ccc(-c2nc(-n3c4cccc5ccc6c7ccccc7n(c7ccccc73)c6c54)nc3c2sc2ccccc23)cc1. The molecule has 0 N–H and O–H groups in total. The van der Waals surface area contributed by atoms with Crippen molar-refractivity contribution >= 4 is 80.8 Å². The van der Waals surface area contributed by atoms with Crippen molar-refractivity contribution in [2.75, 3.05) is 0 Å². The van der Waals surface area contributed by atoms with Gasteiger partial charge in [-0.2, -0.15) is 0 Å². The van der Waals surface area contributed by atoms with Crippen molar-refractivity contribution in [3.8, 4) is 17.2 Å². The molecule has 0 saturated heterocycles. The Balaban J connectivity index is 1.48. The number of rotatable bonds is 2. The maximum absolute atomic E-state index is 5.41. The summed E-state index contributed by atoms with van der Waals surface area (Å²) in [4.78, 5) is 10.8. The first-order chi connectivity index (χ1) is 21.3. The highest BCUT2D eigenvalue weighted by Crippen LogP contribution is 2.41. The van der Waals surface area contributed by atoms with E-state index in [9.17, 15) is 0 Å². The molecule has 43 heavy (non-hydrogen) atoms. The van der Waals surface area contributed by atoms with Gasteiger partial charge in [0, 0.05) is 31.8 Å². The maximum Gasteiger partial charge on any atom is 0.235 e. The lowest BCUT2D eigenvalue weighted by molar-refractivity contribution is 1.01. The van der Waals surface area contributed by atoms with E-state index in [0.29, 0.717) is 5.95 Å². The predicted molar refractivity (Wildman–Crippen MR) is 181 cm³/mol. The molecule has 0 amide bonds. The Kier molecular flexibility index (Phi) is 4.57. The Morgan fingerprint density at radius 2 is 1.23 bits per heavy atom. The van der Waals surface area contributed by atoms with Crippen molar-refractivity contribution in [3.63, 3.8) is 0 Å². The Morgan fingerprint density at radius 1 is 0.512 bits per heavy atom. The fourth-order valence-electron chi connectivity index (χ4n) is 6.90. The minimum Gasteiger partial charge on any atom is -0.306 e. The van der Waals surface area contributed by atoms with Gasteiger partial charge in [-0.3, -0.25) is 4.57 Å². The van der Waals surface area contributed by atoms with Gasteiger partial charge in [0.25, 0.3) is 0 Å². The van der Waals surface area contributed by atoms with E-state index < -0.39 is 0 Å². The molecule has 0 radical (unpaired) electrons. The van der Waals surface area contributed by atoms with Gasteiger partial charge in [0.2, 0.25) is 5.95 Å². The van der Waals surface area contributed by atoms with E-state index in [0.717, 1.165) is 43.4 Å². The Labute approximate surface area is 249 Å². The van der Waals surface area contributed by atoms with E-state index in [-0.39, 0.29) is 0 Å². The number of hydrogen-bond donors (Lipinski definition) is 0. The van der Waals surface area contributed by atoms with Crippen molar-refractivity contribution in [2.45, 2.75) is 0 Å². The smallest absolute Gasteiger partial charge is 0.235 e. The normalized spacial score (nSPS) is 12.2. The Bertz CT molecular complexity index is 2710. The number of hydrogen-bond acceptors (Lipinski definition) is 3. The molecule has 0 aliphatic heterocycles. The summed E-state index contributed by atoms with van der Waals surface area (Å²) in [6.45, 7) is 0. The lowest BCUT2D eigenvalue weighted by Crippen LogP contribution is -2.04. The first-order valence-corrected chi connectivity index (χ1v) is 15.3. The summed E-state index contributed by atoms with van der Waals surface area (Å²) in [6, 6.07) is 47.5. The van der Waals surface area contributed by atoms with Gasteiger partial charge >= 0.3 is 0 Å². The van der Waals surface area contributed by atoms with Crippen molar-refractivity contribution < 1.29 is 0 Å². The molecular formula is C38H22N4S. The van der Waals surface area contributed by atoms with E-state index >= 15 is 0 Å². The molecule has 0 bridgehead atoms. The van der Waals surface area contributed by atoms with E-state index in [4.69, 9.17) is 9.97 Å². The molecule has 4 aromatic heterocycles. The van der Waals surface area contributed by atoms with E-state index in [1.165, 1.54) is 37.3 Å². The summed E-state index contributed by atoms with van der Waals surface area (Å²) in [6.07, 6.45) is 0. The molecule has 10 aromatic rings. The summed E-state index contributed by atoms with van der Waals surface area (Å²) in [5, 5.41) is 6.05. The van der Waals surface area contributed by atoms with Crippen molar-refractivity contribution in [3.05, 3.63) is 133 Å². The van der Waals surface area contributed by atoms with E-state index in [2.05, 4.69) is 142 Å². The fraction of sp³-hybridized carbons (Fsp3) is 0. The summed E-state index contributed by atoms with van der Waals surface area (Å²) in [5.74, 6) is 0.668. The van der Waals surface area contributed by atoms with Crippen LogP contribution in [0.2, 0.25) is 0 Å². The van der Waals surface area contributed by atoms with Crippen LogP contribution in [0, 0.1) is 0 Å². The van der Waals surface area contributed by atoms with Gasteiger partial charge < -0.3 is 4.40 Å². The zero-order valence-electron chi connectivity index (χ0n) is 22.9. The quantitative estimate of drug-likeness (QED) is 0.209. The van der Waals surface area contributed by atoms with E-state index in [1.54, 1.807) is 11.3 Å².